The van der Waals surface area contributed by atoms with Gasteiger partial charge in [0.25, 0.3) is 0 Å². The van der Waals surface area contributed by atoms with Crippen molar-refractivity contribution >= 4 is 46.6 Å². The second-order valence-corrected chi connectivity index (χ2v) is 10.6. The van der Waals surface area contributed by atoms with Gasteiger partial charge >= 0.3 is 0 Å². The van der Waals surface area contributed by atoms with Crippen molar-refractivity contribution in [1.82, 2.24) is 4.90 Å². The van der Waals surface area contributed by atoms with Crippen molar-refractivity contribution < 1.29 is 14.7 Å². The van der Waals surface area contributed by atoms with Gasteiger partial charge in [-0.25, -0.2) is 0 Å². The zero-order valence-corrected chi connectivity index (χ0v) is 22.3. The molecule has 1 fully saturated rings. The van der Waals surface area contributed by atoms with E-state index >= 15 is 0 Å². The zero-order valence-electron chi connectivity index (χ0n) is 21.5. The van der Waals surface area contributed by atoms with Crippen LogP contribution < -0.4 is 16.4 Å². The van der Waals surface area contributed by atoms with E-state index in [1.807, 2.05) is 50.2 Å². The average molecular weight is 533 g/mol. The maximum atomic E-state index is 13.4. The van der Waals surface area contributed by atoms with Crippen molar-refractivity contribution in [3.63, 3.8) is 0 Å². The summed E-state index contributed by atoms with van der Waals surface area (Å²) in [4.78, 5) is 27.9. The predicted molar refractivity (Wildman–Crippen MR) is 154 cm³/mol. The first kappa shape index (κ1) is 27.4. The number of amides is 2. The van der Waals surface area contributed by atoms with Crippen molar-refractivity contribution in [1.29, 1.82) is 0 Å². The van der Waals surface area contributed by atoms with Crippen molar-refractivity contribution in [2.75, 3.05) is 36.1 Å². The smallest absolute Gasteiger partial charge is 0.248 e. The Balaban J connectivity index is 1.48. The summed E-state index contributed by atoms with van der Waals surface area (Å²) in [5, 5.41) is 16.3. The van der Waals surface area contributed by atoms with E-state index in [4.69, 9.17) is 17.3 Å². The molecule has 1 saturated heterocycles. The number of hydrogen-bond acceptors (Lipinski definition) is 5. The van der Waals surface area contributed by atoms with Gasteiger partial charge in [0.1, 0.15) is 0 Å². The van der Waals surface area contributed by atoms with Crippen LogP contribution >= 0.6 is 11.6 Å². The largest absolute Gasteiger partial charge is 0.397 e. The molecule has 0 saturated carbocycles. The molecule has 0 radical (unpaired) electrons. The molecule has 0 bridgehead atoms. The van der Waals surface area contributed by atoms with E-state index < -0.39 is 5.54 Å². The van der Waals surface area contributed by atoms with E-state index in [2.05, 4.69) is 15.5 Å². The molecule has 0 aromatic heterocycles. The highest BCUT2D eigenvalue weighted by Gasteiger charge is 2.43. The van der Waals surface area contributed by atoms with E-state index in [0.717, 1.165) is 11.1 Å². The van der Waals surface area contributed by atoms with Crippen LogP contribution in [-0.2, 0) is 9.59 Å². The van der Waals surface area contributed by atoms with Crippen LogP contribution in [0.1, 0.15) is 30.9 Å². The Kier molecular flexibility index (Phi) is 8.52. The lowest BCUT2D eigenvalue weighted by Crippen LogP contribution is -2.46. The maximum absolute atomic E-state index is 13.4. The summed E-state index contributed by atoms with van der Waals surface area (Å²) < 4.78 is 0. The number of aliphatic hydroxyl groups is 1. The molecular weight excluding hydrogens is 500 g/mol. The third kappa shape index (κ3) is 6.61. The molecule has 0 unspecified atom stereocenters. The number of likely N-dealkylation sites (tertiary alicyclic amines) is 1. The van der Waals surface area contributed by atoms with E-state index in [0.29, 0.717) is 35.2 Å². The standard InChI is InChI=1S/C30H33ClN4O3/c1-30(2,19-36)35-17-24(25(18-35)29(38)33-23-14-12-22(31)13-15-23)21-10-7-20(8-11-21)9-16-28(37)34-27-6-4-3-5-26(27)32/h3-16,24-25,36H,17-19,32H2,1-2H3,(H,33,38)(H,34,37)/b16-9+/t24-,25+/m1/s1. The molecule has 3 aromatic rings. The topological polar surface area (TPSA) is 108 Å². The lowest BCUT2D eigenvalue weighted by Gasteiger charge is -2.33. The van der Waals surface area contributed by atoms with Crippen LogP contribution in [-0.4, -0.2) is 47.1 Å². The van der Waals surface area contributed by atoms with Gasteiger partial charge < -0.3 is 21.5 Å². The Morgan fingerprint density at radius 2 is 1.71 bits per heavy atom. The minimum absolute atomic E-state index is 0.00826. The Bertz CT molecular complexity index is 1310. The minimum Gasteiger partial charge on any atom is -0.397 e. The number of anilines is 3. The lowest BCUT2D eigenvalue weighted by atomic mass is 9.88. The van der Waals surface area contributed by atoms with Gasteiger partial charge in [-0.15, -0.1) is 0 Å². The fourth-order valence-electron chi connectivity index (χ4n) is 4.58. The van der Waals surface area contributed by atoms with Crippen LogP contribution in [0.4, 0.5) is 17.1 Å². The molecule has 1 heterocycles. The number of halogens is 1. The van der Waals surface area contributed by atoms with Crippen LogP contribution in [0.15, 0.2) is 78.9 Å². The highest BCUT2D eigenvalue weighted by Crippen LogP contribution is 2.37. The number of rotatable bonds is 8. The van der Waals surface area contributed by atoms with Gasteiger partial charge in [0.15, 0.2) is 0 Å². The molecule has 0 aliphatic carbocycles. The normalized spacial score (nSPS) is 18.0. The molecule has 2 amide bonds. The fourth-order valence-corrected chi connectivity index (χ4v) is 4.71. The second kappa shape index (κ2) is 11.8. The van der Waals surface area contributed by atoms with Gasteiger partial charge in [-0.3, -0.25) is 14.5 Å². The Morgan fingerprint density at radius 1 is 1.03 bits per heavy atom. The van der Waals surface area contributed by atoms with Crippen LogP contribution in [0.2, 0.25) is 5.02 Å². The van der Waals surface area contributed by atoms with Crippen LogP contribution in [0.3, 0.4) is 0 Å². The Hall–Kier alpha value is -3.65. The van der Waals surface area contributed by atoms with Crippen molar-refractivity contribution in [2.24, 2.45) is 5.92 Å². The van der Waals surface area contributed by atoms with Gasteiger partial charge in [-0.2, -0.15) is 0 Å². The van der Waals surface area contributed by atoms with Gasteiger partial charge in [0.05, 0.1) is 23.9 Å². The number of hydrogen-bond donors (Lipinski definition) is 4. The molecule has 0 spiro atoms. The van der Waals surface area contributed by atoms with E-state index in [-0.39, 0.29) is 30.3 Å². The van der Waals surface area contributed by atoms with E-state index in [9.17, 15) is 14.7 Å². The summed E-state index contributed by atoms with van der Waals surface area (Å²) in [5.74, 6) is -0.714. The lowest BCUT2D eigenvalue weighted by molar-refractivity contribution is -0.120. The molecule has 1 aliphatic heterocycles. The second-order valence-electron chi connectivity index (χ2n) is 10.2. The summed E-state index contributed by atoms with van der Waals surface area (Å²) in [6, 6.07) is 22.0. The molecule has 38 heavy (non-hydrogen) atoms. The Morgan fingerprint density at radius 3 is 2.37 bits per heavy atom. The van der Waals surface area contributed by atoms with E-state index in [1.54, 1.807) is 42.5 Å². The first-order chi connectivity index (χ1) is 18.2. The SMILES string of the molecule is CC(C)(CO)N1C[C@H](C(=O)Nc2ccc(Cl)cc2)[C@@H](c2ccc(/C=C/C(=O)Nc3ccccc3N)cc2)C1. The quantitative estimate of drug-likeness (QED) is 0.241. The number of aliphatic hydroxyl groups excluding tert-OH is 1. The molecule has 1 aliphatic rings. The molecule has 5 N–H and O–H groups in total. The summed E-state index contributed by atoms with van der Waals surface area (Å²) in [7, 11) is 0. The third-order valence-electron chi connectivity index (χ3n) is 7.02. The van der Waals surface area contributed by atoms with Crippen LogP contribution in [0, 0.1) is 5.92 Å². The molecule has 198 valence electrons. The molecule has 2 atom stereocenters. The highest BCUT2D eigenvalue weighted by molar-refractivity contribution is 6.30. The maximum Gasteiger partial charge on any atom is 0.248 e. The number of nitrogen functional groups attached to an aromatic ring is 1. The fraction of sp³-hybridized carbons (Fsp3) is 0.267. The number of nitrogens with one attached hydrogen (secondary N) is 2. The molecule has 3 aromatic carbocycles. The summed E-state index contributed by atoms with van der Waals surface area (Å²) in [5.41, 5.74) is 9.08. The van der Waals surface area contributed by atoms with Crippen LogP contribution in [0.5, 0.6) is 0 Å². The molecule has 8 heteroatoms. The minimum atomic E-state index is -0.453. The first-order valence-electron chi connectivity index (χ1n) is 12.5. The van der Waals surface area contributed by atoms with Gasteiger partial charge in [-0.05, 0) is 67.4 Å². The molecule has 4 rings (SSSR count). The first-order valence-corrected chi connectivity index (χ1v) is 12.9. The summed E-state index contributed by atoms with van der Waals surface area (Å²) in [6.45, 7) is 5.12. The number of nitrogens with zero attached hydrogens (tertiary/aromatic N) is 1. The van der Waals surface area contributed by atoms with Crippen LogP contribution in [0.25, 0.3) is 6.08 Å². The van der Waals surface area contributed by atoms with Crippen molar-refractivity contribution in [3.05, 3.63) is 95.0 Å². The summed E-state index contributed by atoms with van der Waals surface area (Å²) in [6.07, 6.45) is 3.20. The highest BCUT2D eigenvalue weighted by atomic mass is 35.5. The number of para-hydroxylation sites is 2. The zero-order chi connectivity index (χ0) is 27.3. The molecular formula is C30H33ClN4O3. The number of nitrogens with two attached hydrogens (primary N) is 1. The van der Waals surface area contributed by atoms with Crippen molar-refractivity contribution in [2.45, 2.75) is 25.3 Å². The van der Waals surface area contributed by atoms with Gasteiger partial charge in [0, 0.05) is 41.3 Å². The van der Waals surface area contributed by atoms with Gasteiger partial charge in [0.2, 0.25) is 11.8 Å². The van der Waals surface area contributed by atoms with Crippen molar-refractivity contribution in [3.8, 4) is 0 Å². The number of benzene rings is 3. The van der Waals surface area contributed by atoms with Gasteiger partial charge in [-0.1, -0.05) is 48.0 Å². The third-order valence-corrected chi connectivity index (χ3v) is 7.27. The molecule has 7 nitrogen and oxygen atoms in total. The average Bonchev–Trinajstić information content (AvgIpc) is 3.37. The predicted octanol–water partition coefficient (Wildman–Crippen LogP) is 5.00. The Labute approximate surface area is 228 Å². The summed E-state index contributed by atoms with van der Waals surface area (Å²) >= 11 is 5.98. The number of carbonyl (C=O) groups excluding carboxylic acids is 2. The monoisotopic (exact) mass is 532 g/mol. The van der Waals surface area contributed by atoms with E-state index in [1.165, 1.54) is 6.08 Å². The number of carbonyl (C=O) groups is 2.